The fourth-order valence-electron chi connectivity index (χ4n) is 6.60. The minimum atomic E-state index is -0.719. The number of nitrogens with two attached hydrogens (primary N) is 1. The van der Waals surface area contributed by atoms with Gasteiger partial charge in [-0.1, -0.05) is 42.5 Å². The average molecular weight is 418 g/mol. The van der Waals surface area contributed by atoms with Crippen LogP contribution < -0.4 is 16.4 Å². The van der Waals surface area contributed by atoms with Crippen molar-refractivity contribution in [2.45, 2.75) is 56.7 Å². The van der Waals surface area contributed by atoms with E-state index >= 15 is 0 Å². The Kier molecular flexibility index (Phi) is 5.30. The van der Waals surface area contributed by atoms with Crippen LogP contribution in [0.2, 0.25) is 0 Å². The van der Waals surface area contributed by atoms with E-state index in [1.54, 1.807) is 12.1 Å². The lowest BCUT2D eigenvalue weighted by Gasteiger charge is -2.57. The first kappa shape index (κ1) is 20.3. The molecule has 4 aliphatic rings. The molecule has 31 heavy (non-hydrogen) atoms. The standard InChI is InChI=1S/C26H31N3O2/c27-16-17-5-4-8-22(12-17)24(30)28-23(21-6-2-1-3-7-21)25(31)29-26-13-18-9-19(14-26)11-20(10-18)15-26/h1-8,12,18-20,23H,9-11,13-16,27H2,(H,28,30)(H,29,31)/t18?,19?,20?,23-,26?/m1/s1. The van der Waals surface area contributed by atoms with Gasteiger partial charge in [0.15, 0.2) is 0 Å². The van der Waals surface area contributed by atoms with Gasteiger partial charge < -0.3 is 16.4 Å². The van der Waals surface area contributed by atoms with E-state index in [2.05, 4.69) is 10.6 Å². The van der Waals surface area contributed by atoms with Crippen molar-refractivity contribution in [3.05, 3.63) is 71.3 Å². The zero-order valence-electron chi connectivity index (χ0n) is 17.8. The summed E-state index contributed by atoms with van der Waals surface area (Å²) >= 11 is 0. The molecule has 2 aromatic rings. The Bertz CT molecular complexity index is 936. The lowest BCUT2D eigenvalue weighted by Crippen LogP contribution is -2.61. The molecule has 5 heteroatoms. The summed E-state index contributed by atoms with van der Waals surface area (Å²) in [6.45, 7) is 0.371. The lowest BCUT2D eigenvalue weighted by molar-refractivity contribution is -0.128. The third-order valence-corrected chi connectivity index (χ3v) is 7.52. The highest BCUT2D eigenvalue weighted by Crippen LogP contribution is 2.55. The van der Waals surface area contributed by atoms with Gasteiger partial charge in [-0.05, 0) is 79.5 Å². The Hall–Kier alpha value is -2.66. The third-order valence-electron chi connectivity index (χ3n) is 7.52. The predicted octanol–water partition coefficient (Wildman–Crippen LogP) is 3.70. The van der Waals surface area contributed by atoms with Crippen molar-refractivity contribution in [2.24, 2.45) is 23.5 Å². The Morgan fingerprint density at radius 3 is 2.19 bits per heavy atom. The van der Waals surface area contributed by atoms with Gasteiger partial charge in [-0.25, -0.2) is 0 Å². The Morgan fingerprint density at radius 2 is 1.58 bits per heavy atom. The van der Waals surface area contributed by atoms with Crippen LogP contribution in [0.3, 0.4) is 0 Å². The van der Waals surface area contributed by atoms with Gasteiger partial charge in [-0.15, -0.1) is 0 Å². The predicted molar refractivity (Wildman–Crippen MR) is 120 cm³/mol. The molecular formula is C26H31N3O2. The Balaban J connectivity index is 1.37. The maximum Gasteiger partial charge on any atom is 0.252 e. The molecule has 4 N–H and O–H groups in total. The largest absolute Gasteiger partial charge is 0.349 e. The second-order valence-electron chi connectivity index (χ2n) is 9.91. The minimum absolute atomic E-state index is 0.0942. The van der Waals surface area contributed by atoms with Crippen LogP contribution in [0.4, 0.5) is 0 Å². The first-order valence-corrected chi connectivity index (χ1v) is 11.5. The molecule has 4 saturated carbocycles. The number of rotatable bonds is 6. The van der Waals surface area contributed by atoms with Crippen molar-refractivity contribution in [3.63, 3.8) is 0 Å². The van der Waals surface area contributed by atoms with Crippen LogP contribution in [0.15, 0.2) is 54.6 Å². The quantitative estimate of drug-likeness (QED) is 0.670. The summed E-state index contributed by atoms with van der Waals surface area (Å²) in [6, 6.07) is 16.1. The summed E-state index contributed by atoms with van der Waals surface area (Å²) < 4.78 is 0. The monoisotopic (exact) mass is 417 g/mol. The van der Waals surface area contributed by atoms with Crippen LogP contribution in [0.5, 0.6) is 0 Å². The van der Waals surface area contributed by atoms with Crippen LogP contribution in [-0.4, -0.2) is 17.4 Å². The molecule has 2 aromatic carbocycles. The van der Waals surface area contributed by atoms with E-state index in [1.807, 2.05) is 42.5 Å². The maximum absolute atomic E-state index is 13.6. The Labute approximate surface area is 183 Å². The third kappa shape index (κ3) is 4.11. The molecule has 4 bridgehead atoms. The summed E-state index contributed by atoms with van der Waals surface area (Å²) in [5.41, 5.74) is 7.84. The van der Waals surface area contributed by atoms with E-state index in [4.69, 9.17) is 5.73 Å². The van der Waals surface area contributed by atoms with E-state index in [0.717, 1.165) is 48.1 Å². The van der Waals surface area contributed by atoms with Gasteiger partial charge in [-0.2, -0.15) is 0 Å². The molecule has 0 saturated heterocycles. The molecule has 0 aliphatic heterocycles. The van der Waals surface area contributed by atoms with Crippen LogP contribution in [0, 0.1) is 17.8 Å². The molecule has 162 valence electrons. The number of amides is 2. The SMILES string of the molecule is NCc1cccc(C(=O)N[C@@H](C(=O)NC23CC4CC(CC(C4)C2)C3)c2ccccc2)c1. The number of hydrogen-bond acceptors (Lipinski definition) is 3. The molecule has 2 amide bonds. The molecule has 0 aromatic heterocycles. The average Bonchev–Trinajstić information content (AvgIpc) is 2.76. The van der Waals surface area contributed by atoms with Crippen LogP contribution in [0.25, 0.3) is 0 Å². The summed E-state index contributed by atoms with van der Waals surface area (Å²) in [4.78, 5) is 26.6. The molecule has 5 nitrogen and oxygen atoms in total. The smallest absolute Gasteiger partial charge is 0.252 e. The maximum atomic E-state index is 13.6. The topological polar surface area (TPSA) is 84.2 Å². The van der Waals surface area contributed by atoms with Gasteiger partial charge in [-0.3, -0.25) is 9.59 Å². The van der Waals surface area contributed by atoms with Crippen LogP contribution in [0.1, 0.15) is 66.1 Å². The molecule has 0 radical (unpaired) electrons. The fourth-order valence-corrected chi connectivity index (χ4v) is 6.60. The Morgan fingerprint density at radius 1 is 0.935 bits per heavy atom. The molecule has 4 aliphatic carbocycles. The number of nitrogens with one attached hydrogen (secondary N) is 2. The number of hydrogen-bond donors (Lipinski definition) is 3. The van der Waals surface area contributed by atoms with Crippen LogP contribution >= 0.6 is 0 Å². The van der Waals surface area contributed by atoms with Crippen molar-refractivity contribution >= 4 is 11.8 Å². The van der Waals surface area contributed by atoms with Gasteiger partial charge in [0.25, 0.3) is 5.91 Å². The molecule has 1 atom stereocenters. The number of carbonyl (C=O) groups is 2. The highest BCUT2D eigenvalue weighted by Gasteiger charge is 2.52. The zero-order chi connectivity index (χ0) is 21.4. The molecule has 0 heterocycles. The normalized spacial score (nSPS) is 29.4. The number of benzene rings is 2. The van der Waals surface area contributed by atoms with E-state index in [-0.39, 0.29) is 17.4 Å². The minimum Gasteiger partial charge on any atom is -0.349 e. The van der Waals surface area contributed by atoms with Gasteiger partial charge in [0, 0.05) is 17.6 Å². The van der Waals surface area contributed by atoms with E-state index < -0.39 is 6.04 Å². The molecule has 0 unspecified atom stereocenters. The second-order valence-corrected chi connectivity index (χ2v) is 9.91. The summed E-state index contributed by atoms with van der Waals surface area (Å²) in [6.07, 6.45) is 7.22. The highest BCUT2D eigenvalue weighted by atomic mass is 16.2. The summed E-state index contributed by atoms with van der Waals surface area (Å²) in [5, 5.41) is 6.42. The number of carbonyl (C=O) groups excluding carboxylic acids is 2. The van der Waals surface area contributed by atoms with Gasteiger partial charge in [0.1, 0.15) is 6.04 Å². The highest BCUT2D eigenvalue weighted by molar-refractivity contribution is 5.98. The van der Waals surface area contributed by atoms with E-state index in [9.17, 15) is 9.59 Å². The molecule has 4 fully saturated rings. The first-order chi connectivity index (χ1) is 15.0. The van der Waals surface area contributed by atoms with Crippen molar-refractivity contribution in [1.82, 2.24) is 10.6 Å². The molecule has 0 spiro atoms. The van der Waals surface area contributed by atoms with Gasteiger partial charge in [0.2, 0.25) is 5.91 Å². The first-order valence-electron chi connectivity index (χ1n) is 11.5. The van der Waals surface area contributed by atoms with Gasteiger partial charge >= 0.3 is 0 Å². The van der Waals surface area contributed by atoms with Crippen molar-refractivity contribution in [1.29, 1.82) is 0 Å². The van der Waals surface area contributed by atoms with Crippen LogP contribution in [-0.2, 0) is 11.3 Å². The van der Waals surface area contributed by atoms with Crippen molar-refractivity contribution in [3.8, 4) is 0 Å². The molecule has 6 rings (SSSR count). The van der Waals surface area contributed by atoms with Crippen molar-refractivity contribution < 1.29 is 9.59 Å². The fraction of sp³-hybridized carbons (Fsp3) is 0.462. The summed E-state index contributed by atoms with van der Waals surface area (Å²) in [5.74, 6) is 1.88. The van der Waals surface area contributed by atoms with E-state index in [1.165, 1.54) is 19.3 Å². The second kappa shape index (κ2) is 8.12. The van der Waals surface area contributed by atoms with Gasteiger partial charge in [0.05, 0.1) is 0 Å². The summed E-state index contributed by atoms with van der Waals surface area (Å²) in [7, 11) is 0. The van der Waals surface area contributed by atoms with E-state index in [0.29, 0.717) is 12.1 Å². The molecular weight excluding hydrogens is 386 g/mol. The van der Waals surface area contributed by atoms with Crippen molar-refractivity contribution in [2.75, 3.05) is 0 Å². The zero-order valence-corrected chi connectivity index (χ0v) is 17.8. The lowest BCUT2D eigenvalue weighted by atomic mass is 9.53.